The minimum atomic E-state index is -0.375. The topological polar surface area (TPSA) is 41.1 Å². The lowest BCUT2D eigenvalue weighted by Gasteiger charge is -2.13. The van der Waals surface area contributed by atoms with E-state index >= 15 is 0 Å². The zero-order valence-corrected chi connectivity index (χ0v) is 10.6. The molecule has 94 valence electrons. The average molecular weight is 259 g/mol. The number of likely N-dealkylation sites (N-methyl/N-ethyl adjacent to an activating group) is 1. The van der Waals surface area contributed by atoms with E-state index < -0.39 is 0 Å². The fraction of sp³-hybridized carbons (Fsp3) is 0.417. The molecule has 1 atom stereocenters. The van der Waals surface area contributed by atoms with Crippen molar-refractivity contribution in [1.82, 2.24) is 10.6 Å². The molecule has 1 aromatic rings. The Kier molecular flexibility index (Phi) is 5.38. The molecule has 17 heavy (non-hydrogen) atoms. The predicted octanol–water partition coefficient (Wildman–Crippen LogP) is 2.09. The molecule has 0 radical (unpaired) electrons. The molecule has 5 heteroatoms. The molecule has 2 N–H and O–H groups in total. The highest BCUT2D eigenvalue weighted by Crippen LogP contribution is 2.13. The summed E-state index contributed by atoms with van der Waals surface area (Å²) < 4.78 is 13.0. The number of nitrogens with one attached hydrogen (secondary N) is 2. The molecule has 1 amide bonds. The van der Waals surface area contributed by atoms with Crippen LogP contribution >= 0.6 is 11.6 Å². The maximum Gasteiger partial charge on any atom is 0.236 e. The maximum atomic E-state index is 13.0. The van der Waals surface area contributed by atoms with E-state index in [9.17, 15) is 9.18 Å². The van der Waals surface area contributed by atoms with Gasteiger partial charge in [0.25, 0.3) is 0 Å². The summed E-state index contributed by atoms with van der Waals surface area (Å²) in [5, 5.41) is 6.06. The average Bonchev–Trinajstić information content (AvgIpc) is 2.25. The first-order valence-electron chi connectivity index (χ1n) is 5.49. The summed E-state index contributed by atoms with van der Waals surface area (Å²) in [6.45, 7) is 4.61. The van der Waals surface area contributed by atoms with E-state index in [1.807, 2.05) is 6.92 Å². The molecule has 0 aliphatic rings. The Morgan fingerprint density at radius 3 is 2.76 bits per heavy atom. The highest BCUT2D eigenvalue weighted by molar-refractivity contribution is 6.30. The van der Waals surface area contributed by atoms with Crippen molar-refractivity contribution in [3.63, 3.8) is 0 Å². The first kappa shape index (κ1) is 13.9. The Balaban J connectivity index is 2.52. The zero-order valence-electron chi connectivity index (χ0n) is 9.89. The van der Waals surface area contributed by atoms with Gasteiger partial charge < -0.3 is 10.6 Å². The standard InChI is InChI=1S/C12H16ClFN2O/c1-3-15-12(17)8(2)16-7-9-4-10(13)6-11(14)5-9/h4-6,8,16H,3,7H2,1-2H3,(H,15,17). The Morgan fingerprint density at radius 1 is 1.47 bits per heavy atom. The molecule has 0 saturated carbocycles. The number of rotatable bonds is 5. The van der Waals surface area contributed by atoms with Gasteiger partial charge in [0.05, 0.1) is 6.04 Å². The second-order valence-electron chi connectivity index (χ2n) is 3.77. The number of halogens is 2. The number of carbonyl (C=O) groups is 1. The van der Waals surface area contributed by atoms with E-state index in [1.165, 1.54) is 12.1 Å². The summed E-state index contributed by atoms with van der Waals surface area (Å²) >= 11 is 5.73. The van der Waals surface area contributed by atoms with Gasteiger partial charge in [0.15, 0.2) is 0 Å². The molecule has 1 rings (SSSR count). The van der Waals surface area contributed by atoms with Gasteiger partial charge in [-0.25, -0.2) is 4.39 Å². The van der Waals surface area contributed by atoms with Gasteiger partial charge in [-0.05, 0) is 37.6 Å². The summed E-state index contributed by atoms with van der Waals surface area (Å²) in [6, 6.07) is 3.99. The van der Waals surface area contributed by atoms with Crippen LogP contribution in [0.5, 0.6) is 0 Å². The number of amides is 1. The van der Waals surface area contributed by atoms with Crippen molar-refractivity contribution in [2.24, 2.45) is 0 Å². The van der Waals surface area contributed by atoms with Crippen molar-refractivity contribution >= 4 is 17.5 Å². The third-order valence-electron chi connectivity index (χ3n) is 2.28. The van der Waals surface area contributed by atoms with Gasteiger partial charge in [-0.15, -0.1) is 0 Å². The van der Waals surface area contributed by atoms with Gasteiger partial charge in [0.2, 0.25) is 5.91 Å². The van der Waals surface area contributed by atoms with E-state index in [2.05, 4.69) is 10.6 Å². The number of hydrogen-bond donors (Lipinski definition) is 2. The third kappa shape index (κ3) is 4.71. The number of hydrogen-bond acceptors (Lipinski definition) is 2. The van der Waals surface area contributed by atoms with Crippen LogP contribution in [0, 0.1) is 5.82 Å². The minimum Gasteiger partial charge on any atom is -0.355 e. The van der Waals surface area contributed by atoms with E-state index in [0.717, 1.165) is 0 Å². The molecule has 0 spiro atoms. The Labute approximate surface area is 105 Å². The summed E-state index contributed by atoms with van der Waals surface area (Å²) in [7, 11) is 0. The van der Waals surface area contributed by atoms with Gasteiger partial charge in [0.1, 0.15) is 5.82 Å². The van der Waals surface area contributed by atoms with Crippen LogP contribution in [0.3, 0.4) is 0 Å². The quantitative estimate of drug-likeness (QED) is 0.849. The van der Waals surface area contributed by atoms with Gasteiger partial charge in [-0.2, -0.15) is 0 Å². The normalized spacial score (nSPS) is 12.2. The molecule has 1 aromatic carbocycles. The van der Waals surface area contributed by atoms with Gasteiger partial charge in [-0.3, -0.25) is 4.79 Å². The Morgan fingerprint density at radius 2 is 2.18 bits per heavy atom. The van der Waals surface area contributed by atoms with Crippen molar-refractivity contribution in [3.8, 4) is 0 Å². The molecule has 0 aliphatic carbocycles. The van der Waals surface area contributed by atoms with Crippen LogP contribution in [0.25, 0.3) is 0 Å². The van der Waals surface area contributed by atoms with Gasteiger partial charge in [-0.1, -0.05) is 11.6 Å². The first-order valence-corrected chi connectivity index (χ1v) is 5.86. The van der Waals surface area contributed by atoms with Gasteiger partial charge >= 0.3 is 0 Å². The van der Waals surface area contributed by atoms with Crippen LogP contribution in [-0.4, -0.2) is 18.5 Å². The molecular weight excluding hydrogens is 243 g/mol. The molecule has 0 aliphatic heterocycles. The van der Waals surface area contributed by atoms with Crippen molar-refractivity contribution in [2.45, 2.75) is 26.4 Å². The van der Waals surface area contributed by atoms with Gasteiger partial charge in [0, 0.05) is 18.1 Å². The van der Waals surface area contributed by atoms with Crippen LogP contribution < -0.4 is 10.6 Å². The first-order chi connectivity index (χ1) is 8.02. The number of carbonyl (C=O) groups excluding carboxylic acids is 1. The van der Waals surface area contributed by atoms with E-state index in [0.29, 0.717) is 23.7 Å². The number of benzene rings is 1. The van der Waals surface area contributed by atoms with E-state index in [-0.39, 0.29) is 17.8 Å². The second-order valence-corrected chi connectivity index (χ2v) is 4.21. The van der Waals surface area contributed by atoms with Crippen molar-refractivity contribution < 1.29 is 9.18 Å². The third-order valence-corrected chi connectivity index (χ3v) is 2.50. The van der Waals surface area contributed by atoms with Crippen LogP contribution in [0.2, 0.25) is 5.02 Å². The molecule has 0 saturated heterocycles. The maximum absolute atomic E-state index is 13.0. The zero-order chi connectivity index (χ0) is 12.8. The Hall–Kier alpha value is -1.13. The van der Waals surface area contributed by atoms with Crippen LogP contribution in [0.4, 0.5) is 4.39 Å². The summed E-state index contributed by atoms with van der Waals surface area (Å²) in [5.41, 5.74) is 0.714. The van der Waals surface area contributed by atoms with Crippen molar-refractivity contribution in [2.75, 3.05) is 6.54 Å². The molecule has 1 unspecified atom stereocenters. The van der Waals surface area contributed by atoms with E-state index in [1.54, 1.807) is 13.0 Å². The molecule has 0 bridgehead atoms. The summed E-state index contributed by atoms with van der Waals surface area (Å²) in [6.07, 6.45) is 0. The predicted molar refractivity (Wildman–Crippen MR) is 66.4 cm³/mol. The smallest absolute Gasteiger partial charge is 0.236 e. The molecule has 0 aromatic heterocycles. The highest BCUT2D eigenvalue weighted by Gasteiger charge is 2.10. The molecular formula is C12H16ClFN2O. The minimum absolute atomic E-state index is 0.0741. The molecule has 0 heterocycles. The van der Waals surface area contributed by atoms with E-state index in [4.69, 9.17) is 11.6 Å². The molecule has 3 nitrogen and oxygen atoms in total. The SMILES string of the molecule is CCNC(=O)C(C)NCc1cc(F)cc(Cl)c1. The lowest BCUT2D eigenvalue weighted by atomic mass is 10.2. The fourth-order valence-electron chi connectivity index (χ4n) is 1.40. The lowest BCUT2D eigenvalue weighted by Crippen LogP contribution is -2.41. The second kappa shape index (κ2) is 6.57. The van der Waals surface area contributed by atoms with Crippen LogP contribution in [-0.2, 0) is 11.3 Å². The highest BCUT2D eigenvalue weighted by atomic mass is 35.5. The van der Waals surface area contributed by atoms with Crippen LogP contribution in [0.1, 0.15) is 19.4 Å². The monoisotopic (exact) mass is 258 g/mol. The van der Waals surface area contributed by atoms with Crippen molar-refractivity contribution in [3.05, 3.63) is 34.6 Å². The van der Waals surface area contributed by atoms with Crippen molar-refractivity contribution in [1.29, 1.82) is 0 Å². The molecule has 0 fully saturated rings. The fourth-order valence-corrected chi connectivity index (χ4v) is 1.65. The van der Waals surface area contributed by atoms with Crippen LogP contribution in [0.15, 0.2) is 18.2 Å². The lowest BCUT2D eigenvalue weighted by molar-refractivity contribution is -0.122. The Bertz CT molecular complexity index is 378. The largest absolute Gasteiger partial charge is 0.355 e. The summed E-state index contributed by atoms with van der Waals surface area (Å²) in [4.78, 5) is 11.4. The summed E-state index contributed by atoms with van der Waals surface area (Å²) in [5.74, 6) is -0.449.